The number of carbonyl (C=O) groups is 2. The molecule has 142 valence electrons. The fourth-order valence-corrected chi connectivity index (χ4v) is 2.91. The minimum Gasteiger partial charge on any atom is -0.375 e. The van der Waals surface area contributed by atoms with Gasteiger partial charge >= 0.3 is 11.9 Å². The molecule has 0 saturated carbocycles. The summed E-state index contributed by atoms with van der Waals surface area (Å²) in [6.45, 7) is 7.15. The molecule has 1 saturated heterocycles. The Bertz CT molecular complexity index is 855. The van der Waals surface area contributed by atoms with Crippen molar-refractivity contribution in [3.05, 3.63) is 53.0 Å². The van der Waals surface area contributed by atoms with E-state index in [-0.39, 0.29) is 17.2 Å². The molecular formula is C19H21N3O5. The van der Waals surface area contributed by atoms with Crippen LogP contribution in [0.3, 0.4) is 0 Å². The standard InChI is InChI=1S/C19H21N3O5/c1-12-6-8-21-17(22-9-10-25-13(2)11-22)16(12)19(24)27-26-18(23)15-5-4-7-20-14(15)3/h4-8,13H,9-11H2,1-3H3. The first-order chi connectivity index (χ1) is 13.0. The number of aryl methyl sites for hydroxylation is 2. The van der Waals surface area contributed by atoms with E-state index < -0.39 is 11.9 Å². The van der Waals surface area contributed by atoms with Gasteiger partial charge in [0.05, 0.1) is 24.0 Å². The first-order valence-electron chi connectivity index (χ1n) is 8.64. The van der Waals surface area contributed by atoms with E-state index in [1.807, 2.05) is 11.8 Å². The van der Waals surface area contributed by atoms with Gasteiger partial charge in [-0.25, -0.2) is 24.3 Å². The maximum Gasteiger partial charge on any atom is 0.390 e. The Morgan fingerprint density at radius 2 is 1.93 bits per heavy atom. The molecule has 8 nitrogen and oxygen atoms in total. The van der Waals surface area contributed by atoms with Crippen LogP contribution >= 0.6 is 0 Å². The molecule has 0 aliphatic carbocycles. The summed E-state index contributed by atoms with van der Waals surface area (Å²) in [4.78, 5) is 44.6. The molecule has 0 amide bonds. The number of pyridine rings is 2. The molecule has 3 rings (SSSR count). The number of rotatable bonds is 3. The summed E-state index contributed by atoms with van der Waals surface area (Å²) < 4.78 is 5.54. The summed E-state index contributed by atoms with van der Waals surface area (Å²) in [5, 5.41) is 0. The highest BCUT2D eigenvalue weighted by atomic mass is 17.2. The predicted molar refractivity (Wildman–Crippen MR) is 96.4 cm³/mol. The normalized spacial score (nSPS) is 16.7. The van der Waals surface area contributed by atoms with E-state index in [0.717, 1.165) is 0 Å². The third kappa shape index (κ3) is 4.22. The summed E-state index contributed by atoms with van der Waals surface area (Å²) in [5.74, 6) is -1.06. The molecule has 0 radical (unpaired) electrons. The van der Waals surface area contributed by atoms with Crippen molar-refractivity contribution in [2.24, 2.45) is 0 Å². The van der Waals surface area contributed by atoms with Crippen molar-refractivity contribution in [1.82, 2.24) is 9.97 Å². The third-order valence-electron chi connectivity index (χ3n) is 4.30. The molecule has 1 atom stereocenters. The van der Waals surface area contributed by atoms with Gasteiger partial charge in [-0.1, -0.05) is 0 Å². The van der Waals surface area contributed by atoms with Crippen LogP contribution in [0.25, 0.3) is 0 Å². The average molecular weight is 371 g/mol. The summed E-state index contributed by atoms with van der Waals surface area (Å²) >= 11 is 0. The monoisotopic (exact) mass is 371 g/mol. The van der Waals surface area contributed by atoms with Crippen molar-refractivity contribution in [3.63, 3.8) is 0 Å². The smallest absolute Gasteiger partial charge is 0.375 e. The van der Waals surface area contributed by atoms with Crippen LogP contribution in [0.15, 0.2) is 30.6 Å². The molecule has 1 fully saturated rings. The zero-order valence-corrected chi connectivity index (χ0v) is 15.5. The van der Waals surface area contributed by atoms with E-state index >= 15 is 0 Å². The first-order valence-corrected chi connectivity index (χ1v) is 8.64. The van der Waals surface area contributed by atoms with Crippen LogP contribution in [-0.4, -0.2) is 47.7 Å². The van der Waals surface area contributed by atoms with E-state index in [2.05, 4.69) is 9.97 Å². The zero-order chi connectivity index (χ0) is 19.4. The van der Waals surface area contributed by atoms with Crippen LogP contribution < -0.4 is 4.90 Å². The van der Waals surface area contributed by atoms with Gasteiger partial charge in [0.2, 0.25) is 0 Å². The molecule has 2 aromatic heterocycles. The Morgan fingerprint density at radius 3 is 2.67 bits per heavy atom. The molecule has 8 heteroatoms. The number of carbonyl (C=O) groups excluding carboxylic acids is 2. The Kier molecular flexibility index (Phi) is 5.66. The molecule has 0 spiro atoms. The lowest BCUT2D eigenvalue weighted by Crippen LogP contribution is -2.42. The van der Waals surface area contributed by atoms with Crippen molar-refractivity contribution in [3.8, 4) is 0 Å². The van der Waals surface area contributed by atoms with Crippen molar-refractivity contribution in [2.75, 3.05) is 24.6 Å². The molecular weight excluding hydrogens is 350 g/mol. The second kappa shape index (κ2) is 8.13. The van der Waals surface area contributed by atoms with Gasteiger partial charge in [0.1, 0.15) is 11.4 Å². The molecule has 0 bridgehead atoms. The van der Waals surface area contributed by atoms with Crippen molar-refractivity contribution < 1.29 is 24.1 Å². The molecule has 1 aliphatic heterocycles. The maximum atomic E-state index is 12.6. The van der Waals surface area contributed by atoms with E-state index in [1.165, 1.54) is 0 Å². The number of hydrogen-bond acceptors (Lipinski definition) is 8. The Hall–Kier alpha value is -3.00. The Balaban J connectivity index is 1.76. The van der Waals surface area contributed by atoms with Crippen molar-refractivity contribution >= 4 is 17.8 Å². The number of aromatic nitrogens is 2. The van der Waals surface area contributed by atoms with E-state index in [0.29, 0.717) is 36.8 Å². The largest absolute Gasteiger partial charge is 0.390 e. The van der Waals surface area contributed by atoms with Gasteiger partial charge in [-0.3, -0.25) is 4.98 Å². The third-order valence-corrected chi connectivity index (χ3v) is 4.30. The number of hydrogen-bond donors (Lipinski definition) is 0. The van der Waals surface area contributed by atoms with Gasteiger partial charge in [0.15, 0.2) is 0 Å². The van der Waals surface area contributed by atoms with Crippen LogP contribution in [0, 0.1) is 13.8 Å². The molecule has 27 heavy (non-hydrogen) atoms. The predicted octanol–water partition coefficient (Wildman–Crippen LogP) is 2.25. The van der Waals surface area contributed by atoms with Crippen LogP contribution in [-0.2, 0) is 14.5 Å². The van der Waals surface area contributed by atoms with Crippen LogP contribution in [0.1, 0.15) is 38.9 Å². The summed E-state index contributed by atoms with van der Waals surface area (Å²) in [7, 11) is 0. The number of morpholine rings is 1. The number of ether oxygens (including phenoxy) is 1. The van der Waals surface area contributed by atoms with Crippen molar-refractivity contribution in [1.29, 1.82) is 0 Å². The second-order valence-corrected chi connectivity index (χ2v) is 6.33. The number of anilines is 1. The van der Waals surface area contributed by atoms with Gasteiger partial charge in [-0.05, 0) is 44.5 Å². The highest BCUT2D eigenvalue weighted by Gasteiger charge is 2.27. The molecule has 1 aliphatic rings. The van der Waals surface area contributed by atoms with Gasteiger partial charge in [-0.2, -0.15) is 0 Å². The highest BCUT2D eigenvalue weighted by molar-refractivity contribution is 5.97. The Labute approximate surface area is 157 Å². The van der Waals surface area contributed by atoms with Gasteiger partial charge in [0, 0.05) is 25.5 Å². The number of nitrogens with zero attached hydrogens (tertiary/aromatic N) is 3. The van der Waals surface area contributed by atoms with Crippen LogP contribution in [0.5, 0.6) is 0 Å². The zero-order valence-electron chi connectivity index (χ0n) is 15.5. The average Bonchev–Trinajstić information content (AvgIpc) is 2.66. The fraction of sp³-hybridized carbons (Fsp3) is 0.368. The minimum atomic E-state index is -0.781. The second-order valence-electron chi connectivity index (χ2n) is 6.33. The van der Waals surface area contributed by atoms with Gasteiger partial charge < -0.3 is 9.64 Å². The highest BCUT2D eigenvalue weighted by Crippen LogP contribution is 2.24. The maximum absolute atomic E-state index is 12.6. The lowest BCUT2D eigenvalue weighted by Gasteiger charge is -2.33. The lowest BCUT2D eigenvalue weighted by atomic mass is 10.1. The summed E-state index contributed by atoms with van der Waals surface area (Å²) in [5.41, 5.74) is 1.66. The van der Waals surface area contributed by atoms with E-state index in [4.69, 9.17) is 14.5 Å². The Morgan fingerprint density at radius 1 is 1.15 bits per heavy atom. The van der Waals surface area contributed by atoms with Gasteiger partial charge in [-0.15, -0.1) is 0 Å². The van der Waals surface area contributed by atoms with Crippen molar-refractivity contribution in [2.45, 2.75) is 26.9 Å². The SMILES string of the molecule is Cc1ccnc(N2CCOC(C)C2)c1C(=O)OOC(=O)c1cccnc1C. The summed E-state index contributed by atoms with van der Waals surface area (Å²) in [6, 6.07) is 4.86. The van der Waals surface area contributed by atoms with E-state index in [1.54, 1.807) is 44.4 Å². The van der Waals surface area contributed by atoms with Crippen LogP contribution in [0.4, 0.5) is 5.82 Å². The molecule has 0 N–H and O–H groups in total. The molecule has 3 heterocycles. The lowest BCUT2D eigenvalue weighted by molar-refractivity contribution is -0.187. The topological polar surface area (TPSA) is 90.9 Å². The minimum absolute atomic E-state index is 0.0244. The molecule has 0 aromatic carbocycles. The fourth-order valence-electron chi connectivity index (χ4n) is 2.91. The molecule has 1 unspecified atom stereocenters. The first kappa shape index (κ1) is 18.8. The molecule has 2 aromatic rings. The van der Waals surface area contributed by atoms with E-state index in [9.17, 15) is 9.59 Å². The summed E-state index contributed by atoms with van der Waals surface area (Å²) in [6.07, 6.45) is 3.22. The van der Waals surface area contributed by atoms with Gasteiger partial charge in [0.25, 0.3) is 0 Å². The quantitative estimate of drug-likeness (QED) is 0.599. The van der Waals surface area contributed by atoms with Crippen LogP contribution in [0.2, 0.25) is 0 Å².